The molecule has 18 heavy (non-hydrogen) atoms. The van der Waals surface area contributed by atoms with Gasteiger partial charge in [-0.25, -0.2) is 4.98 Å². The highest BCUT2D eigenvalue weighted by atomic mass is 32.1. The van der Waals surface area contributed by atoms with Gasteiger partial charge in [0.25, 0.3) is 5.91 Å². The van der Waals surface area contributed by atoms with E-state index in [0.29, 0.717) is 23.6 Å². The molecule has 0 aliphatic rings. The van der Waals surface area contributed by atoms with Gasteiger partial charge < -0.3 is 11.1 Å². The number of anilines is 1. The zero-order valence-corrected chi connectivity index (χ0v) is 11.3. The van der Waals surface area contributed by atoms with Crippen molar-refractivity contribution in [3.8, 4) is 0 Å². The molecule has 0 unspecified atom stereocenters. The molecule has 0 radical (unpaired) electrons. The number of nitrogen functional groups attached to an aromatic ring is 1. The van der Waals surface area contributed by atoms with E-state index >= 15 is 0 Å². The maximum Gasteiger partial charge on any atom is 0.271 e. The number of carbonyl (C=O) groups excluding carboxylic acids is 1. The molecule has 2 aromatic heterocycles. The molecule has 0 saturated carbocycles. The highest BCUT2D eigenvalue weighted by Gasteiger charge is 2.17. The van der Waals surface area contributed by atoms with Gasteiger partial charge in [0.1, 0.15) is 5.69 Å². The van der Waals surface area contributed by atoms with Crippen molar-refractivity contribution in [3.05, 3.63) is 27.5 Å². The van der Waals surface area contributed by atoms with Crippen LogP contribution in [0.25, 0.3) is 0 Å². The smallest absolute Gasteiger partial charge is 0.271 e. The maximum absolute atomic E-state index is 12.0. The summed E-state index contributed by atoms with van der Waals surface area (Å²) in [5.74, 6) is -0.221. The zero-order chi connectivity index (χ0) is 13.3. The van der Waals surface area contributed by atoms with E-state index in [-0.39, 0.29) is 5.91 Å². The van der Waals surface area contributed by atoms with E-state index in [2.05, 4.69) is 15.4 Å². The summed E-state index contributed by atoms with van der Waals surface area (Å²) in [7, 11) is 1.70. The summed E-state index contributed by atoms with van der Waals surface area (Å²) >= 11 is 1.56. The first-order valence-electron chi connectivity index (χ1n) is 5.47. The summed E-state index contributed by atoms with van der Waals surface area (Å²) in [5, 5.41) is 7.91. The number of aryl methyl sites for hydroxylation is 3. The third-order valence-electron chi connectivity index (χ3n) is 2.58. The van der Waals surface area contributed by atoms with Crippen molar-refractivity contribution in [2.24, 2.45) is 7.05 Å². The second-order valence-corrected chi connectivity index (χ2v) is 5.32. The molecule has 0 aliphatic heterocycles. The van der Waals surface area contributed by atoms with Crippen LogP contribution in [0.3, 0.4) is 0 Å². The van der Waals surface area contributed by atoms with E-state index in [9.17, 15) is 4.79 Å². The van der Waals surface area contributed by atoms with Gasteiger partial charge >= 0.3 is 0 Å². The number of aromatic nitrogens is 3. The number of nitrogens with zero attached hydrogens (tertiary/aromatic N) is 3. The van der Waals surface area contributed by atoms with Gasteiger partial charge in [0.15, 0.2) is 0 Å². The molecule has 0 atom stereocenters. The summed E-state index contributed by atoms with van der Waals surface area (Å²) in [4.78, 5) is 17.2. The van der Waals surface area contributed by atoms with E-state index < -0.39 is 0 Å². The Morgan fingerprint density at radius 1 is 1.56 bits per heavy atom. The standard InChI is InChI=1S/C11H15N5OS/c1-6-9(12)10(16(3)15-6)11(17)14-5-8-4-13-7(2)18-8/h4H,5,12H2,1-3H3,(H,14,17). The molecule has 96 valence electrons. The molecule has 3 N–H and O–H groups in total. The lowest BCUT2D eigenvalue weighted by Gasteiger charge is -2.04. The zero-order valence-electron chi connectivity index (χ0n) is 10.5. The van der Waals surface area contributed by atoms with E-state index in [0.717, 1.165) is 9.88 Å². The van der Waals surface area contributed by atoms with E-state index in [1.807, 2.05) is 6.92 Å². The van der Waals surface area contributed by atoms with E-state index in [1.165, 1.54) is 4.68 Å². The molecular formula is C11H15N5OS. The van der Waals surface area contributed by atoms with E-state index in [1.54, 1.807) is 31.5 Å². The van der Waals surface area contributed by atoms with Gasteiger partial charge in [-0.15, -0.1) is 11.3 Å². The number of hydrogen-bond donors (Lipinski definition) is 2. The minimum atomic E-state index is -0.221. The maximum atomic E-state index is 12.0. The molecule has 0 aromatic carbocycles. The van der Waals surface area contributed by atoms with Crippen molar-refractivity contribution >= 4 is 22.9 Å². The molecule has 0 fully saturated rings. The van der Waals surface area contributed by atoms with Crippen LogP contribution in [0.5, 0.6) is 0 Å². The summed E-state index contributed by atoms with van der Waals surface area (Å²) in [5.41, 5.74) is 7.31. The molecule has 7 heteroatoms. The Kier molecular flexibility index (Phi) is 3.33. The van der Waals surface area contributed by atoms with Crippen LogP contribution in [-0.4, -0.2) is 20.7 Å². The van der Waals surface area contributed by atoms with Crippen LogP contribution in [0.4, 0.5) is 5.69 Å². The Labute approximate surface area is 109 Å². The van der Waals surface area contributed by atoms with Gasteiger partial charge in [0.2, 0.25) is 0 Å². The Morgan fingerprint density at radius 2 is 2.28 bits per heavy atom. The minimum absolute atomic E-state index is 0.221. The third-order valence-corrected chi connectivity index (χ3v) is 3.49. The van der Waals surface area contributed by atoms with E-state index in [4.69, 9.17) is 5.73 Å². The normalized spacial score (nSPS) is 10.6. The van der Waals surface area contributed by atoms with Crippen molar-refractivity contribution in [1.29, 1.82) is 0 Å². The Morgan fingerprint density at radius 3 is 2.78 bits per heavy atom. The van der Waals surface area contributed by atoms with Crippen LogP contribution in [0.15, 0.2) is 6.20 Å². The van der Waals surface area contributed by atoms with Crippen LogP contribution < -0.4 is 11.1 Å². The van der Waals surface area contributed by atoms with Crippen LogP contribution in [-0.2, 0) is 13.6 Å². The molecular weight excluding hydrogens is 250 g/mol. The number of thiazole rings is 1. The SMILES string of the molecule is Cc1ncc(CNC(=O)c2c(N)c(C)nn2C)s1. The average molecular weight is 265 g/mol. The molecule has 2 heterocycles. The number of hydrogen-bond acceptors (Lipinski definition) is 5. The Hall–Kier alpha value is -1.89. The number of nitrogens with two attached hydrogens (primary N) is 1. The Bertz CT molecular complexity index is 586. The molecule has 0 aliphatic carbocycles. The first-order valence-corrected chi connectivity index (χ1v) is 6.29. The van der Waals surface area contributed by atoms with Gasteiger partial charge in [-0.05, 0) is 13.8 Å². The molecule has 1 amide bonds. The summed E-state index contributed by atoms with van der Waals surface area (Å²) in [6.45, 7) is 4.16. The fourth-order valence-electron chi connectivity index (χ4n) is 1.68. The number of amides is 1. The predicted molar refractivity (Wildman–Crippen MR) is 70.4 cm³/mol. The van der Waals surface area contributed by atoms with Crippen molar-refractivity contribution < 1.29 is 4.79 Å². The van der Waals surface area contributed by atoms with Gasteiger partial charge in [-0.3, -0.25) is 9.48 Å². The van der Waals surface area contributed by atoms with Crippen molar-refractivity contribution in [2.45, 2.75) is 20.4 Å². The lowest BCUT2D eigenvalue weighted by molar-refractivity contribution is 0.0943. The fraction of sp³-hybridized carbons (Fsp3) is 0.364. The highest BCUT2D eigenvalue weighted by molar-refractivity contribution is 7.11. The number of rotatable bonds is 3. The monoisotopic (exact) mass is 265 g/mol. The molecule has 2 rings (SSSR count). The predicted octanol–water partition coefficient (Wildman–Crippen LogP) is 1.01. The van der Waals surface area contributed by atoms with Crippen LogP contribution in [0, 0.1) is 13.8 Å². The highest BCUT2D eigenvalue weighted by Crippen LogP contribution is 2.16. The average Bonchev–Trinajstić information content (AvgIpc) is 2.82. The molecule has 0 spiro atoms. The summed E-state index contributed by atoms with van der Waals surface area (Å²) in [6.07, 6.45) is 1.76. The molecule has 0 bridgehead atoms. The fourth-order valence-corrected chi connectivity index (χ4v) is 2.42. The number of nitrogens with one attached hydrogen (secondary N) is 1. The second-order valence-electron chi connectivity index (χ2n) is 4.00. The summed E-state index contributed by atoms with van der Waals surface area (Å²) < 4.78 is 1.50. The first kappa shape index (κ1) is 12.6. The van der Waals surface area contributed by atoms with Crippen molar-refractivity contribution in [2.75, 3.05) is 5.73 Å². The van der Waals surface area contributed by atoms with Crippen LogP contribution >= 0.6 is 11.3 Å². The van der Waals surface area contributed by atoms with Gasteiger partial charge in [0.05, 0.1) is 22.9 Å². The number of carbonyl (C=O) groups is 1. The lowest BCUT2D eigenvalue weighted by atomic mass is 10.3. The summed E-state index contributed by atoms with van der Waals surface area (Å²) in [6, 6.07) is 0. The third kappa shape index (κ3) is 2.35. The first-order chi connectivity index (χ1) is 8.49. The topological polar surface area (TPSA) is 85.8 Å². The van der Waals surface area contributed by atoms with Crippen LogP contribution in [0.2, 0.25) is 0 Å². The quantitative estimate of drug-likeness (QED) is 0.867. The van der Waals surface area contributed by atoms with Gasteiger partial charge in [-0.1, -0.05) is 0 Å². The van der Waals surface area contributed by atoms with Crippen LogP contribution in [0.1, 0.15) is 26.1 Å². The Balaban J connectivity index is 2.08. The van der Waals surface area contributed by atoms with Crippen molar-refractivity contribution in [1.82, 2.24) is 20.1 Å². The van der Waals surface area contributed by atoms with Gasteiger partial charge in [-0.2, -0.15) is 5.10 Å². The molecule has 2 aromatic rings. The second kappa shape index (κ2) is 4.77. The largest absolute Gasteiger partial charge is 0.395 e. The minimum Gasteiger partial charge on any atom is -0.395 e. The van der Waals surface area contributed by atoms with Crippen molar-refractivity contribution in [3.63, 3.8) is 0 Å². The lowest BCUT2D eigenvalue weighted by Crippen LogP contribution is -2.25. The molecule has 0 saturated heterocycles. The molecule has 6 nitrogen and oxygen atoms in total. The van der Waals surface area contributed by atoms with Gasteiger partial charge in [0, 0.05) is 18.1 Å².